The minimum atomic E-state index is -0.363. The number of aryl methyl sites for hydroxylation is 2. The Morgan fingerprint density at radius 2 is 2.41 bits per heavy atom. The normalized spacial score (nSPS) is 10.5. The first-order valence-corrected chi connectivity index (χ1v) is 5.17. The van der Waals surface area contributed by atoms with Gasteiger partial charge in [0.1, 0.15) is 5.69 Å². The Morgan fingerprint density at radius 1 is 1.65 bits per heavy atom. The topological polar surface area (TPSA) is 99.0 Å². The van der Waals surface area contributed by atoms with Crippen molar-refractivity contribution in [2.45, 2.75) is 20.4 Å². The lowest BCUT2D eigenvalue weighted by Gasteiger charge is -2.04. The van der Waals surface area contributed by atoms with E-state index in [4.69, 9.17) is 10.3 Å². The summed E-state index contributed by atoms with van der Waals surface area (Å²) in [4.78, 5) is 11.9. The van der Waals surface area contributed by atoms with Crippen LogP contribution in [0.2, 0.25) is 0 Å². The minimum Gasteiger partial charge on any atom is -0.396 e. The van der Waals surface area contributed by atoms with Gasteiger partial charge < -0.3 is 10.3 Å². The van der Waals surface area contributed by atoms with E-state index >= 15 is 0 Å². The van der Waals surface area contributed by atoms with Crippen molar-refractivity contribution in [2.75, 3.05) is 11.1 Å². The smallest absolute Gasteiger partial charge is 0.278 e. The van der Waals surface area contributed by atoms with Gasteiger partial charge in [0.15, 0.2) is 0 Å². The summed E-state index contributed by atoms with van der Waals surface area (Å²) in [6, 6.07) is 1.63. The first-order chi connectivity index (χ1) is 8.11. The maximum absolute atomic E-state index is 11.9. The van der Waals surface area contributed by atoms with Gasteiger partial charge in [0.05, 0.1) is 17.6 Å². The Hall–Kier alpha value is -2.31. The second-order valence-electron chi connectivity index (χ2n) is 3.55. The number of anilines is 2. The molecule has 2 aromatic heterocycles. The van der Waals surface area contributed by atoms with Gasteiger partial charge in [0, 0.05) is 12.6 Å². The van der Waals surface area contributed by atoms with Crippen LogP contribution >= 0.6 is 0 Å². The average molecular weight is 235 g/mol. The molecule has 0 atom stereocenters. The minimum absolute atomic E-state index is 0.288. The molecule has 0 aliphatic carbocycles. The Morgan fingerprint density at radius 3 is 3.00 bits per heavy atom. The summed E-state index contributed by atoms with van der Waals surface area (Å²) in [5.41, 5.74) is 7.03. The zero-order chi connectivity index (χ0) is 12.4. The van der Waals surface area contributed by atoms with Crippen LogP contribution in [0.1, 0.15) is 23.1 Å². The number of nitrogens with one attached hydrogen (secondary N) is 1. The molecule has 90 valence electrons. The molecule has 2 rings (SSSR count). The highest BCUT2D eigenvalue weighted by Gasteiger charge is 2.17. The summed E-state index contributed by atoms with van der Waals surface area (Å²) in [6.07, 6.45) is 1.45. The van der Waals surface area contributed by atoms with Crippen LogP contribution in [-0.2, 0) is 6.54 Å². The third-order valence-corrected chi connectivity index (χ3v) is 2.25. The number of aromatic nitrogens is 3. The molecule has 7 heteroatoms. The van der Waals surface area contributed by atoms with Crippen molar-refractivity contribution in [3.63, 3.8) is 0 Å². The van der Waals surface area contributed by atoms with Crippen LogP contribution < -0.4 is 11.1 Å². The number of carbonyl (C=O) groups is 1. The van der Waals surface area contributed by atoms with Gasteiger partial charge in [0.2, 0.25) is 5.88 Å². The summed E-state index contributed by atoms with van der Waals surface area (Å²) in [6.45, 7) is 4.21. The van der Waals surface area contributed by atoms with Gasteiger partial charge in [-0.2, -0.15) is 5.10 Å². The quantitative estimate of drug-likeness (QED) is 0.827. The van der Waals surface area contributed by atoms with E-state index < -0.39 is 0 Å². The third-order valence-electron chi connectivity index (χ3n) is 2.25. The summed E-state index contributed by atoms with van der Waals surface area (Å²) >= 11 is 0. The highest BCUT2D eigenvalue weighted by molar-refractivity contribution is 6.05. The molecule has 0 unspecified atom stereocenters. The van der Waals surface area contributed by atoms with Crippen molar-refractivity contribution in [3.8, 4) is 0 Å². The second-order valence-corrected chi connectivity index (χ2v) is 3.55. The second kappa shape index (κ2) is 4.28. The number of hydrogen-bond donors (Lipinski definition) is 2. The number of rotatable bonds is 3. The molecule has 0 fully saturated rings. The molecular weight excluding hydrogens is 222 g/mol. The van der Waals surface area contributed by atoms with Gasteiger partial charge >= 0.3 is 0 Å². The Bertz CT molecular complexity index is 543. The average Bonchev–Trinajstić information content (AvgIpc) is 2.84. The van der Waals surface area contributed by atoms with Crippen LogP contribution in [0.3, 0.4) is 0 Å². The number of hydrogen-bond acceptors (Lipinski definition) is 5. The van der Waals surface area contributed by atoms with Gasteiger partial charge in [-0.3, -0.25) is 14.8 Å². The predicted octanol–water partition coefficient (Wildman–Crippen LogP) is 1.03. The molecular formula is C10H13N5O2. The van der Waals surface area contributed by atoms with Crippen molar-refractivity contribution >= 4 is 17.5 Å². The number of carbonyl (C=O) groups excluding carboxylic acids is 1. The van der Waals surface area contributed by atoms with Crippen molar-refractivity contribution in [3.05, 3.63) is 23.7 Å². The lowest BCUT2D eigenvalue weighted by Crippen LogP contribution is -2.18. The fourth-order valence-corrected chi connectivity index (χ4v) is 1.48. The van der Waals surface area contributed by atoms with Crippen LogP contribution in [0.4, 0.5) is 11.6 Å². The molecule has 17 heavy (non-hydrogen) atoms. The largest absolute Gasteiger partial charge is 0.396 e. The molecule has 0 aromatic carbocycles. The van der Waals surface area contributed by atoms with Crippen LogP contribution in [0.5, 0.6) is 0 Å². The molecule has 0 spiro atoms. The fourth-order valence-electron chi connectivity index (χ4n) is 1.48. The van der Waals surface area contributed by atoms with E-state index in [1.165, 1.54) is 10.9 Å². The Kier molecular flexibility index (Phi) is 2.82. The maximum atomic E-state index is 11.9. The zero-order valence-corrected chi connectivity index (χ0v) is 9.60. The van der Waals surface area contributed by atoms with Gasteiger partial charge in [-0.05, 0) is 13.8 Å². The SMILES string of the molecule is CCn1ncc(N)c1C(=O)Nc1cc(C)no1. The van der Waals surface area contributed by atoms with E-state index in [9.17, 15) is 4.79 Å². The number of nitrogen functional groups attached to an aromatic ring is 1. The van der Waals surface area contributed by atoms with Crippen LogP contribution in [-0.4, -0.2) is 20.8 Å². The summed E-state index contributed by atoms with van der Waals surface area (Å²) < 4.78 is 6.42. The zero-order valence-electron chi connectivity index (χ0n) is 9.60. The molecule has 0 aliphatic rings. The predicted molar refractivity (Wildman–Crippen MR) is 61.5 cm³/mol. The van der Waals surface area contributed by atoms with Crippen molar-refractivity contribution in [1.82, 2.24) is 14.9 Å². The molecule has 1 amide bonds. The summed E-state index contributed by atoms with van der Waals surface area (Å²) in [5.74, 6) is -0.0752. The molecule has 0 saturated heterocycles. The molecule has 2 heterocycles. The van der Waals surface area contributed by atoms with E-state index in [-0.39, 0.29) is 11.8 Å². The highest BCUT2D eigenvalue weighted by Crippen LogP contribution is 2.15. The van der Waals surface area contributed by atoms with E-state index in [0.717, 1.165) is 0 Å². The standard InChI is InChI=1S/C10H13N5O2/c1-3-15-9(7(11)5-12-15)10(16)13-8-4-6(2)14-17-8/h4-5H,3,11H2,1-2H3,(H,13,16). The van der Waals surface area contributed by atoms with E-state index in [2.05, 4.69) is 15.6 Å². The van der Waals surface area contributed by atoms with Gasteiger partial charge in [-0.15, -0.1) is 0 Å². The van der Waals surface area contributed by atoms with Crippen molar-refractivity contribution < 1.29 is 9.32 Å². The first-order valence-electron chi connectivity index (χ1n) is 5.17. The molecule has 0 bridgehead atoms. The molecule has 0 radical (unpaired) electrons. The van der Waals surface area contributed by atoms with Crippen molar-refractivity contribution in [2.24, 2.45) is 0 Å². The highest BCUT2D eigenvalue weighted by atomic mass is 16.5. The number of nitrogens with zero attached hydrogens (tertiary/aromatic N) is 3. The van der Waals surface area contributed by atoms with Crippen LogP contribution in [0.25, 0.3) is 0 Å². The lowest BCUT2D eigenvalue weighted by molar-refractivity contribution is 0.101. The van der Waals surface area contributed by atoms with Crippen LogP contribution in [0.15, 0.2) is 16.8 Å². The van der Waals surface area contributed by atoms with Gasteiger partial charge in [-0.25, -0.2) is 0 Å². The Labute approximate surface area is 97.6 Å². The first kappa shape index (κ1) is 11.2. The van der Waals surface area contributed by atoms with Gasteiger partial charge in [0.25, 0.3) is 5.91 Å². The summed E-state index contributed by atoms with van der Waals surface area (Å²) in [5, 5.41) is 10.2. The lowest BCUT2D eigenvalue weighted by atomic mass is 10.3. The van der Waals surface area contributed by atoms with Gasteiger partial charge in [-0.1, -0.05) is 5.16 Å². The molecule has 0 aliphatic heterocycles. The fraction of sp³-hybridized carbons (Fsp3) is 0.300. The summed E-state index contributed by atoms with van der Waals surface area (Å²) in [7, 11) is 0. The molecule has 0 saturated carbocycles. The van der Waals surface area contributed by atoms with E-state index in [0.29, 0.717) is 23.6 Å². The number of nitrogens with two attached hydrogens (primary N) is 1. The molecule has 3 N–H and O–H groups in total. The maximum Gasteiger partial charge on any atom is 0.278 e. The van der Waals surface area contributed by atoms with E-state index in [1.54, 1.807) is 13.0 Å². The van der Waals surface area contributed by atoms with Crippen LogP contribution in [0, 0.1) is 6.92 Å². The van der Waals surface area contributed by atoms with E-state index in [1.807, 2.05) is 6.92 Å². The number of amides is 1. The molecule has 2 aromatic rings. The Balaban J connectivity index is 2.22. The third kappa shape index (κ3) is 2.12. The van der Waals surface area contributed by atoms with Crippen molar-refractivity contribution in [1.29, 1.82) is 0 Å². The monoisotopic (exact) mass is 235 g/mol. The molecule has 7 nitrogen and oxygen atoms in total.